The van der Waals surface area contributed by atoms with E-state index in [0.29, 0.717) is 0 Å². The summed E-state index contributed by atoms with van der Waals surface area (Å²) in [5.41, 5.74) is 3.68. The van der Waals surface area contributed by atoms with Gasteiger partial charge in [0.2, 0.25) is 0 Å². The standard InChI is InChI=1S/C17H23NO2S/c1-6-18-17(16-9-13(19-4)10-21-16)14-7-12(3)15(20-5)8-11(14)2/h7-10,17-18H,6H2,1-5H3. The van der Waals surface area contributed by atoms with E-state index in [-0.39, 0.29) is 6.04 Å². The Balaban J connectivity index is 2.44. The van der Waals surface area contributed by atoms with Crippen LogP contribution in [0.25, 0.3) is 0 Å². The van der Waals surface area contributed by atoms with E-state index in [2.05, 4.69) is 44.3 Å². The zero-order valence-electron chi connectivity index (χ0n) is 13.3. The number of hydrogen-bond donors (Lipinski definition) is 1. The fraction of sp³-hybridized carbons (Fsp3) is 0.412. The van der Waals surface area contributed by atoms with E-state index in [4.69, 9.17) is 9.47 Å². The summed E-state index contributed by atoms with van der Waals surface area (Å²) in [6.45, 7) is 7.26. The molecule has 0 amide bonds. The minimum Gasteiger partial charge on any atom is -0.496 e. The summed E-state index contributed by atoms with van der Waals surface area (Å²) in [5, 5.41) is 5.62. The summed E-state index contributed by atoms with van der Waals surface area (Å²) in [6, 6.07) is 6.62. The molecule has 0 aliphatic heterocycles. The Kier molecular flexibility index (Phi) is 5.26. The monoisotopic (exact) mass is 305 g/mol. The zero-order valence-corrected chi connectivity index (χ0v) is 14.1. The second-order valence-electron chi connectivity index (χ2n) is 5.06. The first-order chi connectivity index (χ1) is 10.1. The lowest BCUT2D eigenvalue weighted by Gasteiger charge is -2.21. The first-order valence-electron chi connectivity index (χ1n) is 7.11. The highest BCUT2D eigenvalue weighted by atomic mass is 32.1. The van der Waals surface area contributed by atoms with Gasteiger partial charge in [-0.15, -0.1) is 11.3 Å². The van der Waals surface area contributed by atoms with E-state index >= 15 is 0 Å². The molecule has 0 aliphatic rings. The van der Waals surface area contributed by atoms with Gasteiger partial charge in [0.25, 0.3) is 0 Å². The lowest BCUT2D eigenvalue weighted by molar-refractivity contribution is 0.411. The molecule has 0 fully saturated rings. The van der Waals surface area contributed by atoms with Gasteiger partial charge in [0.05, 0.1) is 20.3 Å². The Morgan fingerprint density at radius 3 is 2.43 bits per heavy atom. The molecule has 4 heteroatoms. The SMILES string of the molecule is CCNC(c1cc(OC)cs1)c1cc(C)c(OC)cc1C. The van der Waals surface area contributed by atoms with Gasteiger partial charge in [-0.2, -0.15) is 0 Å². The maximum absolute atomic E-state index is 5.41. The van der Waals surface area contributed by atoms with Crippen LogP contribution in [0.2, 0.25) is 0 Å². The maximum Gasteiger partial charge on any atom is 0.129 e. The maximum atomic E-state index is 5.41. The highest BCUT2D eigenvalue weighted by Crippen LogP contribution is 2.34. The second kappa shape index (κ2) is 6.96. The highest BCUT2D eigenvalue weighted by molar-refractivity contribution is 7.10. The lowest BCUT2D eigenvalue weighted by atomic mass is 9.97. The van der Waals surface area contributed by atoms with E-state index < -0.39 is 0 Å². The van der Waals surface area contributed by atoms with Crippen molar-refractivity contribution < 1.29 is 9.47 Å². The van der Waals surface area contributed by atoms with Crippen molar-refractivity contribution in [3.05, 3.63) is 45.1 Å². The number of nitrogens with one attached hydrogen (secondary N) is 1. The molecule has 3 nitrogen and oxygen atoms in total. The second-order valence-corrected chi connectivity index (χ2v) is 6.00. The summed E-state index contributed by atoms with van der Waals surface area (Å²) >= 11 is 1.72. The number of ether oxygens (including phenoxy) is 2. The molecule has 2 rings (SSSR count). The summed E-state index contributed by atoms with van der Waals surface area (Å²) in [6.07, 6.45) is 0. The lowest BCUT2D eigenvalue weighted by Crippen LogP contribution is -2.22. The first kappa shape index (κ1) is 15.9. The third-order valence-electron chi connectivity index (χ3n) is 3.62. The van der Waals surface area contributed by atoms with Gasteiger partial charge in [-0.3, -0.25) is 0 Å². The van der Waals surface area contributed by atoms with Gasteiger partial charge in [-0.1, -0.05) is 13.0 Å². The minimum atomic E-state index is 0.188. The molecule has 1 aromatic carbocycles. The molecule has 1 N–H and O–H groups in total. The van der Waals surface area contributed by atoms with Crippen LogP contribution >= 0.6 is 11.3 Å². The number of thiophene rings is 1. The van der Waals surface area contributed by atoms with E-state index in [1.807, 2.05) is 5.38 Å². The Hall–Kier alpha value is -1.52. The van der Waals surface area contributed by atoms with E-state index in [0.717, 1.165) is 23.6 Å². The van der Waals surface area contributed by atoms with Crippen molar-refractivity contribution in [1.82, 2.24) is 5.32 Å². The molecule has 21 heavy (non-hydrogen) atoms. The van der Waals surface area contributed by atoms with E-state index in [9.17, 15) is 0 Å². The Morgan fingerprint density at radius 1 is 1.10 bits per heavy atom. The normalized spacial score (nSPS) is 12.2. The van der Waals surface area contributed by atoms with Crippen molar-refractivity contribution in [1.29, 1.82) is 0 Å². The number of aryl methyl sites for hydroxylation is 2. The van der Waals surface area contributed by atoms with Crippen LogP contribution in [0.1, 0.15) is 34.5 Å². The third-order valence-corrected chi connectivity index (χ3v) is 4.59. The quantitative estimate of drug-likeness (QED) is 0.872. The molecule has 0 radical (unpaired) electrons. The average molecular weight is 305 g/mol. The minimum absolute atomic E-state index is 0.188. The number of methoxy groups -OCH3 is 2. The Morgan fingerprint density at radius 2 is 1.86 bits per heavy atom. The predicted octanol–water partition coefficient (Wildman–Crippen LogP) is 4.08. The van der Waals surface area contributed by atoms with Crippen LogP contribution in [0, 0.1) is 13.8 Å². The van der Waals surface area contributed by atoms with Crippen LogP contribution in [0.15, 0.2) is 23.6 Å². The van der Waals surface area contributed by atoms with Gasteiger partial charge in [-0.25, -0.2) is 0 Å². The number of benzene rings is 1. The first-order valence-corrected chi connectivity index (χ1v) is 7.99. The Bertz CT molecular complexity index is 607. The fourth-order valence-electron chi connectivity index (χ4n) is 2.50. The highest BCUT2D eigenvalue weighted by Gasteiger charge is 2.19. The molecule has 0 saturated carbocycles. The predicted molar refractivity (Wildman–Crippen MR) is 88.9 cm³/mol. The molecule has 0 aliphatic carbocycles. The molecule has 1 unspecified atom stereocenters. The van der Waals surface area contributed by atoms with Gasteiger partial charge in [0, 0.05) is 10.3 Å². The topological polar surface area (TPSA) is 30.5 Å². The van der Waals surface area contributed by atoms with Gasteiger partial charge in [0.1, 0.15) is 11.5 Å². The van der Waals surface area contributed by atoms with Crippen LogP contribution in [0.3, 0.4) is 0 Å². The summed E-state index contributed by atoms with van der Waals surface area (Å²) in [5.74, 6) is 1.86. The van der Waals surface area contributed by atoms with Crippen molar-refractivity contribution in [3.63, 3.8) is 0 Å². The molecular formula is C17H23NO2S. The molecular weight excluding hydrogens is 282 g/mol. The largest absolute Gasteiger partial charge is 0.496 e. The van der Waals surface area contributed by atoms with E-state index in [1.54, 1.807) is 25.6 Å². The molecule has 0 spiro atoms. The number of hydrogen-bond acceptors (Lipinski definition) is 4. The fourth-order valence-corrected chi connectivity index (χ4v) is 3.45. The van der Waals surface area contributed by atoms with Crippen LogP contribution in [0.5, 0.6) is 11.5 Å². The molecule has 1 atom stereocenters. The molecule has 2 aromatic rings. The smallest absolute Gasteiger partial charge is 0.129 e. The molecule has 1 aromatic heterocycles. The van der Waals surface area contributed by atoms with Crippen LogP contribution < -0.4 is 14.8 Å². The van der Waals surface area contributed by atoms with Gasteiger partial charge in [-0.05, 0) is 49.2 Å². The summed E-state index contributed by atoms with van der Waals surface area (Å²) in [7, 11) is 3.42. The van der Waals surface area contributed by atoms with Crippen molar-refractivity contribution in [2.45, 2.75) is 26.8 Å². The van der Waals surface area contributed by atoms with Crippen molar-refractivity contribution in [2.24, 2.45) is 0 Å². The van der Waals surface area contributed by atoms with Crippen molar-refractivity contribution in [3.8, 4) is 11.5 Å². The van der Waals surface area contributed by atoms with Gasteiger partial charge >= 0.3 is 0 Å². The molecule has 1 heterocycles. The Labute approximate surface area is 130 Å². The molecule has 114 valence electrons. The average Bonchev–Trinajstić information content (AvgIpc) is 2.95. The van der Waals surface area contributed by atoms with E-state index in [1.165, 1.54) is 16.0 Å². The van der Waals surface area contributed by atoms with Crippen molar-refractivity contribution >= 4 is 11.3 Å². The van der Waals surface area contributed by atoms with Gasteiger partial charge < -0.3 is 14.8 Å². The summed E-state index contributed by atoms with van der Waals surface area (Å²) < 4.78 is 10.7. The molecule has 0 bridgehead atoms. The molecule has 0 saturated heterocycles. The van der Waals surface area contributed by atoms with Gasteiger partial charge in [0.15, 0.2) is 0 Å². The number of rotatable bonds is 6. The third kappa shape index (κ3) is 3.39. The van der Waals surface area contributed by atoms with Crippen LogP contribution in [-0.2, 0) is 0 Å². The van der Waals surface area contributed by atoms with Crippen LogP contribution in [-0.4, -0.2) is 20.8 Å². The van der Waals surface area contributed by atoms with Crippen LogP contribution in [0.4, 0.5) is 0 Å². The summed E-state index contributed by atoms with van der Waals surface area (Å²) in [4.78, 5) is 1.27. The van der Waals surface area contributed by atoms with Crippen molar-refractivity contribution in [2.75, 3.05) is 20.8 Å². The zero-order chi connectivity index (χ0) is 15.4.